The molecule has 12 heteroatoms. The first kappa shape index (κ1) is 20.4. The number of benzene rings is 1. The summed E-state index contributed by atoms with van der Waals surface area (Å²) in [5.41, 5.74) is -1.92. The van der Waals surface area contributed by atoms with Crippen LogP contribution in [-0.2, 0) is 13.2 Å². The zero-order valence-electron chi connectivity index (χ0n) is 14.6. The normalized spacial score (nSPS) is 11.6. The lowest BCUT2D eigenvalue weighted by Gasteiger charge is -2.12. The number of alkyl halides is 3. The zero-order valence-corrected chi connectivity index (χ0v) is 14.6. The lowest BCUT2D eigenvalue weighted by atomic mass is 10.2. The summed E-state index contributed by atoms with van der Waals surface area (Å²) in [5, 5.41) is 3.19. The lowest BCUT2D eigenvalue weighted by molar-refractivity contribution is -0.141. The zero-order chi connectivity index (χ0) is 21.5. The van der Waals surface area contributed by atoms with Crippen LogP contribution in [-0.4, -0.2) is 14.8 Å². The monoisotopic (exact) mass is 421 g/mol. The summed E-state index contributed by atoms with van der Waals surface area (Å²) >= 11 is 0. The van der Waals surface area contributed by atoms with Gasteiger partial charge < -0.3 is 9.47 Å². The molecule has 0 aliphatic carbocycles. The van der Waals surface area contributed by atoms with Crippen molar-refractivity contribution < 1.29 is 40.2 Å². The van der Waals surface area contributed by atoms with Crippen molar-refractivity contribution in [3.8, 4) is 23.4 Å². The highest BCUT2D eigenvalue weighted by atomic mass is 19.4. The van der Waals surface area contributed by atoms with Crippen LogP contribution in [0.15, 0.2) is 24.3 Å². The maximum Gasteiger partial charge on any atom is 0.435 e. The molecule has 0 unspecified atom stereocenters. The van der Waals surface area contributed by atoms with Gasteiger partial charge in [-0.1, -0.05) is 0 Å². The molecule has 0 atom stereocenters. The van der Waals surface area contributed by atoms with E-state index in [9.17, 15) is 30.7 Å². The average molecular weight is 421 g/mol. The van der Waals surface area contributed by atoms with Gasteiger partial charge in [0.25, 0.3) is 11.8 Å². The minimum absolute atomic E-state index is 0.354. The van der Waals surface area contributed by atoms with Crippen molar-refractivity contribution in [3.05, 3.63) is 58.8 Å². The average Bonchev–Trinajstić information content (AvgIpc) is 3.01. The van der Waals surface area contributed by atoms with Crippen LogP contribution in [0.1, 0.15) is 11.3 Å². The second kappa shape index (κ2) is 7.26. The topological polar surface area (TPSA) is 49.2 Å². The first-order valence-electron chi connectivity index (χ1n) is 7.75. The number of hydrogen-bond donors (Lipinski definition) is 0. The van der Waals surface area contributed by atoms with E-state index in [0.717, 1.165) is 20.0 Å². The van der Waals surface area contributed by atoms with E-state index in [1.54, 1.807) is 0 Å². The van der Waals surface area contributed by atoms with Gasteiger partial charge in [-0.15, -0.1) is 0 Å². The first-order valence-corrected chi connectivity index (χ1v) is 7.75. The third-order valence-corrected chi connectivity index (χ3v) is 3.67. The Balaban J connectivity index is 1.98. The Labute approximate surface area is 158 Å². The molecule has 0 bridgehead atoms. The highest BCUT2D eigenvalue weighted by Gasteiger charge is 2.35. The molecule has 0 saturated carbocycles. The van der Waals surface area contributed by atoms with Crippen LogP contribution >= 0.6 is 0 Å². The van der Waals surface area contributed by atoms with E-state index in [0.29, 0.717) is 22.9 Å². The van der Waals surface area contributed by atoms with Crippen LogP contribution in [0.2, 0.25) is 0 Å². The molecule has 0 aliphatic heterocycles. The van der Waals surface area contributed by atoms with Crippen LogP contribution in [0.5, 0.6) is 23.4 Å². The van der Waals surface area contributed by atoms with Crippen molar-refractivity contribution in [2.24, 2.45) is 7.05 Å². The van der Waals surface area contributed by atoms with E-state index in [1.807, 2.05) is 0 Å². The Kier molecular flexibility index (Phi) is 5.11. The van der Waals surface area contributed by atoms with Gasteiger partial charge in [0, 0.05) is 24.7 Å². The van der Waals surface area contributed by atoms with Gasteiger partial charge in [0.05, 0.1) is 0 Å². The molecular weight excluding hydrogens is 411 g/mol. The van der Waals surface area contributed by atoms with E-state index < -0.39 is 58.3 Å². The summed E-state index contributed by atoms with van der Waals surface area (Å²) in [6, 6.07) is 2.78. The Morgan fingerprint density at radius 3 is 2.07 bits per heavy atom. The van der Waals surface area contributed by atoms with Gasteiger partial charge in [-0.05, 0) is 19.1 Å². The second-order valence-electron chi connectivity index (χ2n) is 5.74. The van der Waals surface area contributed by atoms with Gasteiger partial charge in [-0.2, -0.15) is 23.3 Å². The number of rotatable bonds is 4. The SMILES string of the molecule is Cc1c(F)c(Oc2ccc(F)c(F)c2)nc(Oc2cc(C(F)(F)F)nn2C)c1F. The molecule has 0 aliphatic rings. The summed E-state index contributed by atoms with van der Waals surface area (Å²) < 4.78 is 104. The summed E-state index contributed by atoms with van der Waals surface area (Å²) in [6.07, 6.45) is -4.77. The van der Waals surface area contributed by atoms with Gasteiger partial charge in [0.2, 0.25) is 5.88 Å². The standard InChI is InChI=1S/C17H10F7N3O2/c1-7-13(20)15(28-8-3-4-9(18)10(19)5-8)25-16(14(7)21)29-12-6-11(17(22,23)24)26-27(12)2/h3-6H,1-2H3. The Hall–Kier alpha value is -3.31. The maximum absolute atomic E-state index is 14.3. The fourth-order valence-electron chi connectivity index (χ4n) is 2.18. The van der Waals surface area contributed by atoms with Crippen LogP contribution in [0.4, 0.5) is 30.7 Å². The van der Waals surface area contributed by atoms with E-state index in [4.69, 9.17) is 9.47 Å². The van der Waals surface area contributed by atoms with Crippen molar-refractivity contribution >= 4 is 0 Å². The predicted octanol–water partition coefficient (Wildman–Crippen LogP) is 5.28. The fraction of sp³-hybridized carbons (Fsp3) is 0.176. The predicted molar refractivity (Wildman–Crippen MR) is 83.6 cm³/mol. The summed E-state index contributed by atoms with van der Waals surface area (Å²) in [4.78, 5) is 3.45. The molecule has 154 valence electrons. The molecule has 5 nitrogen and oxygen atoms in total. The molecular formula is C17H10F7N3O2. The quantitative estimate of drug-likeness (QED) is 0.538. The number of hydrogen-bond acceptors (Lipinski definition) is 4. The number of aryl methyl sites for hydroxylation is 1. The molecule has 0 fully saturated rings. The minimum atomic E-state index is -4.77. The third kappa shape index (κ3) is 4.10. The summed E-state index contributed by atoms with van der Waals surface area (Å²) in [7, 11) is 1.11. The number of pyridine rings is 1. The molecule has 3 rings (SSSR count). The first-order chi connectivity index (χ1) is 13.5. The Morgan fingerprint density at radius 1 is 0.897 bits per heavy atom. The van der Waals surface area contributed by atoms with Gasteiger partial charge in [-0.3, -0.25) is 0 Å². The van der Waals surface area contributed by atoms with Gasteiger partial charge >= 0.3 is 6.18 Å². The molecule has 3 aromatic rings. The van der Waals surface area contributed by atoms with E-state index in [-0.39, 0.29) is 5.75 Å². The third-order valence-electron chi connectivity index (χ3n) is 3.67. The molecule has 0 saturated heterocycles. The highest BCUT2D eigenvalue weighted by Crippen LogP contribution is 2.35. The molecule has 29 heavy (non-hydrogen) atoms. The van der Waals surface area contributed by atoms with Gasteiger partial charge in [0.15, 0.2) is 29.0 Å². The summed E-state index contributed by atoms with van der Waals surface area (Å²) in [5.74, 6) is -7.67. The van der Waals surface area contributed by atoms with E-state index in [1.165, 1.54) is 0 Å². The lowest BCUT2D eigenvalue weighted by Crippen LogP contribution is -2.06. The van der Waals surface area contributed by atoms with Gasteiger partial charge in [-0.25, -0.2) is 22.2 Å². The van der Waals surface area contributed by atoms with Crippen LogP contribution in [0, 0.1) is 30.2 Å². The van der Waals surface area contributed by atoms with Crippen molar-refractivity contribution in [2.75, 3.05) is 0 Å². The van der Waals surface area contributed by atoms with Crippen LogP contribution in [0.3, 0.4) is 0 Å². The summed E-state index contributed by atoms with van der Waals surface area (Å²) in [6.45, 7) is 1.00. The van der Waals surface area contributed by atoms with E-state index in [2.05, 4.69) is 10.1 Å². The second-order valence-corrected chi connectivity index (χ2v) is 5.74. The van der Waals surface area contributed by atoms with Crippen molar-refractivity contribution in [2.45, 2.75) is 13.1 Å². The molecule has 0 radical (unpaired) electrons. The van der Waals surface area contributed by atoms with Gasteiger partial charge in [0.1, 0.15) is 5.75 Å². The Bertz CT molecular complexity index is 1080. The van der Waals surface area contributed by atoms with Crippen LogP contribution in [0.25, 0.3) is 0 Å². The molecule has 0 N–H and O–H groups in total. The number of aromatic nitrogens is 3. The molecule has 1 aromatic carbocycles. The van der Waals surface area contributed by atoms with Crippen molar-refractivity contribution in [1.82, 2.24) is 14.8 Å². The minimum Gasteiger partial charge on any atom is -0.436 e. The number of nitrogens with zero attached hydrogens (tertiary/aromatic N) is 3. The number of ether oxygens (including phenoxy) is 2. The molecule has 0 spiro atoms. The molecule has 2 heterocycles. The Morgan fingerprint density at radius 2 is 1.52 bits per heavy atom. The smallest absolute Gasteiger partial charge is 0.435 e. The van der Waals surface area contributed by atoms with Crippen LogP contribution < -0.4 is 9.47 Å². The van der Waals surface area contributed by atoms with Crippen molar-refractivity contribution in [1.29, 1.82) is 0 Å². The van der Waals surface area contributed by atoms with Crippen molar-refractivity contribution in [3.63, 3.8) is 0 Å². The largest absolute Gasteiger partial charge is 0.436 e. The fourth-order valence-corrected chi connectivity index (χ4v) is 2.18. The molecule has 2 aromatic heterocycles. The number of halogens is 7. The molecule has 0 amide bonds. The van der Waals surface area contributed by atoms with E-state index >= 15 is 0 Å². The highest BCUT2D eigenvalue weighted by molar-refractivity contribution is 5.37. The maximum atomic E-state index is 14.3.